The molecular formula is C10H11NO5. The fraction of sp³-hybridized carbons (Fsp3) is 0.400. The lowest BCUT2D eigenvalue weighted by molar-refractivity contribution is -0.125. The van der Waals surface area contributed by atoms with Gasteiger partial charge in [0.05, 0.1) is 0 Å². The van der Waals surface area contributed by atoms with E-state index in [1.54, 1.807) is 0 Å². The van der Waals surface area contributed by atoms with Crippen molar-refractivity contribution in [2.45, 2.75) is 20.0 Å². The minimum absolute atomic E-state index is 0.00340. The third-order valence-electron chi connectivity index (χ3n) is 2.32. The van der Waals surface area contributed by atoms with Crippen molar-refractivity contribution in [3.63, 3.8) is 0 Å². The molecule has 2 rings (SSSR count). The summed E-state index contributed by atoms with van der Waals surface area (Å²) in [6.07, 6.45) is 0.569. The molecule has 0 spiro atoms. The average Bonchev–Trinajstić information content (AvgIpc) is 2.58. The maximum atomic E-state index is 11.6. The molecule has 2 heterocycles. The zero-order valence-electron chi connectivity index (χ0n) is 8.81. The molecule has 6 heteroatoms. The molecule has 1 aromatic heterocycles. The number of fused-ring (bicyclic) bond motifs is 1. The Hall–Kier alpha value is -1.98. The lowest BCUT2D eigenvalue weighted by Gasteiger charge is -2.25. The van der Waals surface area contributed by atoms with Gasteiger partial charge in [-0.25, -0.2) is 4.79 Å². The van der Waals surface area contributed by atoms with E-state index in [1.807, 2.05) is 13.8 Å². The number of carbonyl (C=O) groups is 2. The Kier molecular flexibility index (Phi) is 2.34. The number of rotatable bonds is 2. The van der Waals surface area contributed by atoms with E-state index < -0.39 is 12.1 Å². The summed E-state index contributed by atoms with van der Waals surface area (Å²) in [5.41, 5.74) is 0.0920. The van der Waals surface area contributed by atoms with Gasteiger partial charge in [-0.15, -0.1) is 0 Å². The van der Waals surface area contributed by atoms with Gasteiger partial charge in [0, 0.05) is 0 Å². The highest BCUT2D eigenvalue weighted by Crippen LogP contribution is 2.36. The Labute approximate surface area is 91.2 Å². The predicted octanol–water partition coefficient (Wildman–Crippen LogP) is 1.33. The maximum absolute atomic E-state index is 11.6. The second kappa shape index (κ2) is 3.55. The van der Waals surface area contributed by atoms with E-state index in [-0.39, 0.29) is 29.0 Å². The first-order chi connectivity index (χ1) is 7.50. The van der Waals surface area contributed by atoms with E-state index in [2.05, 4.69) is 5.32 Å². The van der Waals surface area contributed by atoms with Crippen LogP contribution in [0.1, 0.15) is 24.4 Å². The first-order valence-corrected chi connectivity index (χ1v) is 4.83. The van der Waals surface area contributed by atoms with E-state index in [9.17, 15) is 9.59 Å². The van der Waals surface area contributed by atoms with Crippen LogP contribution in [0, 0.1) is 5.92 Å². The molecule has 16 heavy (non-hydrogen) atoms. The Morgan fingerprint density at radius 2 is 2.25 bits per heavy atom. The van der Waals surface area contributed by atoms with Gasteiger partial charge in [-0.1, -0.05) is 13.8 Å². The monoisotopic (exact) mass is 225 g/mol. The minimum Gasteiger partial charge on any atom is -0.475 e. The minimum atomic E-state index is -1.24. The molecular weight excluding hydrogens is 214 g/mol. The third kappa shape index (κ3) is 1.52. The van der Waals surface area contributed by atoms with E-state index in [1.165, 1.54) is 6.26 Å². The summed E-state index contributed by atoms with van der Waals surface area (Å²) in [5, 5.41) is 11.3. The second-order valence-corrected chi connectivity index (χ2v) is 3.88. The first kappa shape index (κ1) is 10.5. The number of carbonyl (C=O) groups excluding carboxylic acids is 1. The number of hydrogen-bond acceptors (Lipinski definition) is 4. The highest BCUT2D eigenvalue weighted by molar-refractivity contribution is 6.03. The van der Waals surface area contributed by atoms with Gasteiger partial charge in [0.15, 0.2) is 11.9 Å². The highest BCUT2D eigenvalue weighted by Gasteiger charge is 2.34. The van der Waals surface area contributed by atoms with Crippen LogP contribution in [0.2, 0.25) is 0 Å². The van der Waals surface area contributed by atoms with E-state index in [0.29, 0.717) is 0 Å². The van der Waals surface area contributed by atoms with Gasteiger partial charge in [0.25, 0.3) is 5.91 Å². The molecule has 1 atom stereocenters. The molecule has 6 nitrogen and oxygen atoms in total. The van der Waals surface area contributed by atoms with E-state index in [4.69, 9.17) is 14.3 Å². The average molecular weight is 225 g/mol. The lowest BCUT2D eigenvalue weighted by Crippen LogP contribution is -2.40. The topological polar surface area (TPSA) is 88.8 Å². The van der Waals surface area contributed by atoms with Crippen molar-refractivity contribution < 1.29 is 23.8 Å². The number of carboxylic acids is 1. The number of carboxylic acid groups (broad SMARTS) is 1. The van der Waals surface area contributed by atoms with Crippen molar-refractivity contribution in [2.24, 2.45) is 5.92 Å². The van der Waals surface area contributed by atoms with Crippen molar-refractivity contribution in [1.29, 1.82) is 0 Å². The number of ether oxygens (including phenoxy) is 1. The number of anilines is 1. The predicted molar refractivity (Wildman–Crippen MR) is 53.6 cm³/mol. The zero-order chi connectivity index (χ0) is 11.9. The van der Waals surface area contributed by atoms with Crippen molar-refractivity contribution in [3.05, 3.63) is 12.0 Å². The molecule has 1 aliphatic rings. The van der Waals surface area contributed by atoms with Gasteiger partial charge in [-0.3, -0.25) is 4.79 Å². The molecule has 0 fully saturated rings. The Bertz CT molecular complexity index is 448. The summed E-state index contributed by atoms with van der Waals surface area (Å²) in [6, 6.07) is 0. The molecule has 1 unspecified atom stereocenters. The summed E-state index contributed by atoms with van der Waals surface area (Å²) in [4.78, 5) is 22.4. The van der Waals surface area contributed by atoms with Gasteiger partial charge in [0.2, 0.25) is 5.76 Å². The molecule has 0 saturated heterocycles. The lowest BCUT2D eigenvalue weighted by atomic mass is 10.1. The standard InChI is InChI=1S/C10H11NO5/c1-4(2)7-9(12)11-6-5(16-7)3-15-8(6)10(13)14/h3-4,7H,1-2H3,(H,11,12)(H,13,14). The summed E-state index contributed by atoms with van der Waals surface area (Å²) < 4.78 is 10.2. The van der Waals surface area contributed by atoms with Crippen LogP contribution in [0.5, 0.6) is 5.75 Å². The van der Waals surface area contributed by atoms with Crippen LogP contribution in [-0.2, 0) is 4.79 Å². The van der Waals surface area contributed by atoms with Gasteiger partial charge in [-0.2, -0.15) is 0 Å². The van der Waals surface area contributed by atoms with Crippen LogP contribution >= 0.6 is 0 Å². The summed E-state index contributed by atoms with van der Waals surface area (Å²) >= 11 is 0. The summed E-state index contributed by atoms with van der Waals surface area (Å²) in [5.74, 6) is -1.66. The number of amides is 1. The van der Waals surface area contributed by atoms with E-state index >= 15 is 0 Å². The number of nitrogens with one attached hydrogen (secondary N) is 1. The van der Waals surface area contributed by atoms with Gasteiger partial charge in [-0.05, 0) is 5.92 Å². The molecule has 1 aliphatic heterocycles. The molecule has 86 valence electrons. The molecule has 0 aromatic carbocycles. The van der Waals surface area contributed by atoms with Crippen LogP contribution < -0.4 is 10.1 Å². The summed E-state index contributed by atoms with van der Waals surface area (Å²) in [6.45, 7) is 3.68. The van der Waals surface area contributed by atoms with Crippen LogP contribution in [0.3, 0.4) is 0 Å². The molecule has 2 N–H and O–H groups in total. The molecule has 1 aromatic rings. The normalized spacial score (nSPS) is 18.9. The molecule has 0 bridgehead atoms. The quantitative estimate of drug-likeness (QED) is 0.792. The van der Waals surface area contributed by atoms with Crippen LogP contribution in [0.15, 0.2) is 10.7 Å². The van der Waals surface area contributed by atoms with Crippen LogP contribution in [-0.4, -0.2) is 23.1 Å². The SMILES string of the molecule is CC(C)C1Oc2coc(C(=O)O)c2NC1=O. The van der Waals surface area contributed by atoms with E-state index in [0.717, 1.165) is 0 Å². The van der Waals surface area contributed by atoms with Crippen molar-refractivity contribution in [2.75, 3.05) is 5.32 Å². The van der Waals surface area contributed by atoms with Crippen LogP contribution in [0.4, 0.5) is 5.69 Å². The molecule has 1 amide bonds. The van der Waals surface area contributed by atoms with Gasteiger partial charge in [0.1, 0.15) is 12.0 Å². The smallest absolute Gasteiger partial charge is 0.374 e. The molecule has 0 saturated carbocycles. The first-order valence-electron chi connectivity index (χ1n) is 4.83. The van der Waals surface area contributed by atoms with Crippen molar-refractivity contribution >= 4 is 17.6 Å². The second-order valence-electron chi connectivity index (χ2n) is 3.88. The zero-order valence-corrected chi connectivity index (χ0v) is 8.81. The number of furan rings is 1. The maximum Gasteiger partial charge on any atom is 0.374 e. The number of aromatic carboxylic acids is 1. The Morgan fingerprint density at radius 1 is 1.56 bits per heavy atom. The highest BCUT2D eigenvalue weighted by atomic mass is 16.5. The Morgan fingerprint density at radius 3 is 2.81 bits per heavy atom. The third-order valence-corrected chi connectivity index (χ3v) is 2.32. The van der Waals surface area contributed by atoms with Gasteiger partial charge < -0.3 is 19.6 Å². The molecule has 0 aliphatic carbocycles. The van der Waals surface area contributed by atoms with Crippen molar-refractivity contribution in [1.82, 2.24) is 0 Å². The fourth-order valence-corrected chi connectivity index (χ4v) is 1.53. The Balaban J connectivity index is 2.37. The summed E-state index contributed by atoms with van der Waals surface area (Å²) in [7, 11) is 0. The largest absolute Gasteiger partial charge is 0.475 e. The van der Waals surface area contributed by atoms with Crippen molar-refractivity contribution in [3.8, 4) is 5.75 Å². The van der Waals surface area contributed by atoms with Crippen LogP contribution in [0.25, 0.3) is 0 Å². The van der Waals surface area contributed by atoms with Gasteiger partial charge >= 0.3 is 5.97 Å². The number of hydrogen-bond donors (Lipinski definition) is 2. The molecule has 0 radical (unpaired) electrons. The fourth-order valence-electron chi connectivity index (χ4n) is 1.53.